The summed E-state index contributed by atoms with van der Waals surface area (Å²) in [7, 11) is 0. The number of likely N-dealkylation sites (tertiary alicyclic amines) is 1. The van der Waals surface area contributed by atoms with E-state index in [4.69, 9.17) is 4.74 Å². The number of carbonyl (C=O) groups is 2. The standard InChI is InChI=1S/C25H23NO3/c27-23(13-12-19-8-5-7-18-6-1-2-9-20(18)19)26-16-14-25(15-17-26)22-11-4-3-10-21(22)24(28)29-25/h1-11H,12-17H2. The summed E-state index contributed by atoms with van der Waals surface area (Å²) in [6.07, 6.45) is 2.56. The van der Waals surface area contributed by atoms with Crippen LogP contribution in [-0.4, -0.2) is 29.9 Å². The number of fused-ring (bicyclic) bond motifs is 3. The van der Waals surface area contributed by atoms with E-state index < -0.39 is 5.60 Å². The van der Waals surface area contributed by atoms with Gasteiger partial charge in [-0.25, -0.2) is 4.79 Å². The number of benzene rings is 3. The van der Waals surface area contributed by atoms with E-state index in [0.29, 0.717) is 37.9 Å². The summed E-state index contributed by atoms with van der Waals surface area (Å²) in [5.41, 5.74) is 2.31. The molecule has 5 rings (SSSR count). The first-order valence-corrected chi connectivity index (χ1v) is 10.2. The van der Waals surface area contributed by atoms with Gasteiger partial charge in [-0.1, -0.05) is 60.7 Å². The minimum Gasteiger partial charge on any atom is -0.450 e. The molecule has 2 aliphatic rings. The van der Waals surface area contributed by atoms with Crippen molar-refractivity contribution in [3.63, 3.8) is 0 Å². The fraction of sp³-hybridized carbons (Fsp3) is 0.280. The highest BCUT2D eigenvalue weighted by Crippen LogP contribution is 2.44. The van der Waals surface area contributed by atoms with Crippen LogP contribution in [0.15, 0.2) is 66.7 Å². The third-order valence-electron chi connectivity index (χ3n) is 6.34. The maximum atomic E-state index is 12.8. The molecule has 29 heavy (non-hydrogen) atoms. The molecule has 0 aliphatic carbocycles. The number of hydrogen-bond acceptors (Lipinski definition) is 3. The number of nitrogens with zero attached hydrogens (tertiary/aromatic N) is 1. The van der Waals surface area contributed by atoms with Crippen LogP contribution in [0.1, 0.15) is 40.7 Å². The Labute approximate surface area is 170 Å². The lowest BCUT2D eigenvalue weighted by Crippen LogP contribution is -2.45. The smallest absolute Gasteiger partial charge is 0.339 e. The van der Waals surface area contributed by atoms with Crippen molar-refractivity contribution in [2.45, 2.75) is 31.3 Å². The Kier molecular flexibility index (Phi) is 4.35. The molecule has 2 aliphatic heterocycles. The van der Waals surface area contributed by atoms with Crippen molar-refractivity contribution in [1.82, 2.24) is 4.90 Å². The Morgan fingerprint density at radius 2 is 1.66 bits per heavy atom. The number of esters is 1. The SMILES string of the molecule is O=C1OC2(CCN(C(=O)CCc3cccc4ccccc34)CC2)c2ccccc21. The molecule has 1 spiro atoms. The highest BCUT2D eigenvalue weighted by molar-refractivity contribution is 5.94. The van der Waals surface area contributed by atoms with Crippen LogP contribution in [0.2, 0.25) is 0 Å². The van der Waals surface area contributed by atoms with Gasteiger partial charge in [-0.2, -0.15) is 0 Å². The summed E-state index contributed by atoms with van der Waals surface area (Å²) < 4.78 is 5.79. The molecule has 0 unspecified atom stereocenters. The predicted octanol–water partition coefficient (Wildman–Crippen LogP) is 4.46. The molecule has 0 aromatic heterocycles. The molecule has 1 fully saturated rings. The van der Waals surface area contributed by atoms with E-state index in [1.807, 2.05) is 41.3 Å². The monoisotopic (exact) mass is 385 g/mol. The van der Waals surface area contributed by atoms with E-state index in [0.717, 1.165) is 12.0 Å². The van der Waals surface area contributed by atoms with Crippen molar-refractivity contribution in [3.05, 3.63) is 83.4 Å². The van der Waals surface area contributed by atoms with E-state index in [1.54, 1.807) is 0 Å². The Hall–Kier alpha value is -3.14. The molecular formula is C25H23NO3. The van der Waals surface area contributed by atoms with Gasteiger partial charge < -0.3 is 9.64 Å². The zero-order chi connectivity index (χ0) is 19.8. The Bertz CT molecular complexity index is 1090. The fourth-order valence-electron chi connectivity index (χ4n) is 4.74. The number of aryl methyl sites for hydroxylation is 1. The third kappa shape index (κ3) is 3.09. The van der Waals surface area contributed by atoms with Gasteiger partial charge in [0.2, 0.25) is 5.91 Å². The van der Waals surface area contributed by atoms with Gasteiger partial charge in [-0.05, 0) is 28.8 Å². The van der Waals surface area contributed by atoms with Gasteiger partial charge in [0.25, 0.3) is 0 Å². The van der Waals surface area contributed by atoms with Crippen molar-refractivity contribution in [1.29, 1.82) is 0 Å². The lowest BCUT2D eigenvalue weighted by molar-refractivity contribution is -0.135. The summed E-state index contributed by atoms with van der Waals surface area (Å²) >= 11 is 0. The molecule has 4 heteroatoms. The Morgan fingerprint density at radius 3 is 2.52 bits per heavy atom. The average molecular weight is 385 g/mol. The quantitative estimate of drug-likeness (QED) is 0.626. The zero-order valence-electron chi connectivity index (χ0n) is 16.3. The normalized spacial score (nSPS) is 17.4. The van der Waals surface area contributed by atoms with Crippen molar-refractivity contribution >= 4 is 22.6 Å². The molecule has 0 bridgehead atoms. The molecule has 1 amide bonds. The first kappa shape index (κ1) is 17.9. The number of ether oxygens (including phenoxy) is 1. The first-order valence-electron chi connectivity index (χ1n) is 10.2. The highest BCUT2D eigenvalue weighted by Gasteiger charge is 2.47. The molecule has 0 atom stereocenters. The van der Waals surface area contributed by atoms with Crippen LogP contribution in [0.4, 0.5) is 0 Å². The predicted molar refractivity (Wildman–Crippen MR) is 112 cm³/mol. The first-order chi connectivity index (χ1) is 14.2. The minimum atomic E-state index is -0.555. The third-order valence-corrected chi connectivity index (χ3v) is 6.34. The van der Waals surface area contributed by atoms with Crippen LogP contribution in [0.5, 0.6) is 0 Å². The molecule has 4 nitrogen and oxygen atoms in total. The van der Waals surface area contributed by atoms with Gasteiger partial charge in [0.15, 0.2) is 0 Å². The number of piperidine rings is 1. The lowest BCUT2D eigenvalue weighted by Gasteiger charge is -2.38. The van der Waals surface area contributed by atoms with Crippen LogP contribution in [0.25, 0.3) is 10.8 Å². The lowest BCUT2D eigenvalue weighted by atomic mass is 9.83. The number of rotatable bonds is 3. The number of hydrogen-bond donors (Lipinski definition) is 0. The van der Waals surface area contributed by atoms with E-state index in [9.17, 15) is 9.59 Å². The Balaban J connectivity index is 1.25. The second kappa shape index (κ2) is 7.03. The summed E-state index contributed by atoms with van der Waals surface area (Å²) in [5.74, 6) is -0.0678. The van der Waals surface area contributed by atoms with Crippen LogP contribution in [0, 0.1) is 0 Å². The molecule has 0 saturated carbocycles. The van der Waals surface area contributed by atoms with Crippen LogP contribution < -0.4 is 0 Å². The summed E-state index contributed by atoms with van der Waals surface area (Å²) in [6, 6.07) is 22.2. The molecule has 3 aromatic rings. The average Bonchev–Trinajstić information content (AvgIpc) is 3.04. The summed E-state index contributed by atoms with van der Waals surface area (Å²) in [6.45, 7) is 1.24. The molecular weight excluding hydrogens is 362 g/mol. The maximum absolute atomic E-state index is 12.8. The maximum Gasteiger partial charge on any atom is 0.339 e. The van der Waals surface area contributed by atoms with Gasteiger partial charge >= 0.3 is 5.97 Å². The van der Waals surface area contributed by atoms with Crippen molar-refractivity contribution in [2.75, 3.05) is 13.1 Å². The second-order valence-corrected chi connectivity index (χ2v) is 7.95. The summed E-state index contributed by atoms with van der Waals surface area (Å²) in [4.78, 5) is 27.0. The van der Waals surface area contributed by atoms with Crippen LogP contribution in [-0.2, 0) is 21.6 Å². The van der Waals surface area contributed by atoms with E-state index in [1.165, 1.54) is 16.3 Å². The Morgan fingerprint density at radius 1 is 0.931 bits per heavy atom. The van der Waals surface area contributed by atoms with Crippen LogP contribution >= 0.6 is 0 Å². The molecule has 1 saturated heterocycles. The van der Waals surface area contributed by atoms with Gasteiger partial charge in [-0.3, -0.25) is 4.79 Å². The van der Waals surface area contributed by atoms with Crippen LogP contribution in [0.3, 0.4) is 0 Å². The van der Waals surface area contributed by atoms with E-state index in [2.05, 4.69) is 30.3 Å². The largest absolute Gasteiger partial charge is 0.450 e. The van der Waals surface area contributed by atoms with E-state index >= 15 is 0 Å². The molecule has 2 heterocycles. The molecule has 3 aromatic carbocycles. The number of amides is 1. The van der Waals surface area contributed by atoms with Crippen molar-refractivity contribution < 1.29 is 14.3 Å². The molecule has 0 N–H and O–H groups in total. The molecule has 0 radical (unpaired) electrons. The van der Waals surface area contributed by atoms with Gasteiger partial charge in [0.1, 0.15) is 5.60 Å². The topological polar surface area (TPSA) is 46.6 Å². The van der Waals surface area contributed by atoms with Crippen molar-refractivity contribution in [2.24, 2.45) is 0 Å². The van der Waals surface area contributed by atoms with E-state index in [-0.39, 0.29) is 11.9 Å². The van der Waals surface area contributed by atoms with Crippen molar-refractivity contribution in [3.8, 4) is 0 Å². The number of carbonyl (C=O) groups excluding carboxylic acids is 2. The second-order valence-electron chi connectivity index (χ2n) is 7.95. The van der Waals surface area contributed by atoms with Gasteiger partial charge in [-0.15, -0.1) is 0 Å². The van der Waals surface area contributed by atoms with Gasteiger partial charge in [0.05, 0.1) is 5.56 Å². The highest BCUT2D eigenvalue weighted by atomic mass is 16.6. The fourth-order valence-corrected chi connectivity index (χ4v) is 4.74. The zero-order valence-corrected chi connectivity index (χ0v) is 16.3. The van der Waals surface area contributed by atoms with Gasteiger partial charge in [0, 0.05) is 37.9 Å². The summed E-state index contributed by atoms with van der Waals surface area (Å²) in [5, 5.41) is 2.42. The minimum absolute atomic E-state index is 0.172. The molecule has 146 valence electrons.